The molecule has 2 N–H and O–H groups in total. The third kappa shape index (κ3) is 3.53. The number of amides is 1. The van der Waals surface area contributed by atoms with Crippen LogP contribution >= 0.6 is 0 Å². The second kappa shape index (κ2) is 6.14. The van der Waals surface area contributed by atoms with Gasteiger partial charge in [0.15, 0.2) is 0 Å². The third-order valence-electron chi connectivity index (χ3n) is 3.44. The van der Waals surface area contributed by atoms with E-state index in [-0.39, 0.29) is 11.7 Å². The summed E-state index contributed by atoms with van der Waals surface area (Å²) in [5, 5.41) is 12.5. The van der Waals surface area contributed by atoms with Crippen LogP contribution in [-0.4, -0.2) is 34.2 Å². The lowest BCUT2D eigenvalue weighted by Crippen LogP contribution is -2.45. The minimum atomic E-state index is -2.50. The molecule has 19 heavy (non-hydrogen) atoms. The fraction of sp³-hybridized carbons (Fsp3) is 0.615. The van der Waals surface area contributed by atoms with E-state index in [2.05, 4.69) is 5.32 Å². The monoisotopic (exact) mass is 272 g/mol. The van der Waals surface area contributed by atoms with Crippen LogP contribution in [0.5, 0.6) is 0 Å². The van der Waals surface area contributed by atoms with E-state index in [1.54, 1.807) is 6.07 Å². The average Bonchev–Trinajstić information content (AvgIpc) is 2.79. The van der Waals surface area contributed by atoms with Gasteiger partial charge in [0.2, 0.25) is 0 Å². The van der Waals surface area contributed by atoms with Crippen molar-refractivity contribution in [2.24, 2.45) is 0 Å². The lowest BCUT2D eigenvalue weighted by molar-refractivity contribution is 0.0705. The number of hydrogen-bond acceptors (Lipinski definition) is 2. The molecule has 1 heterocycles. The number of aliphatic hydroxyl groups is 1. The van der Waals surface area contributed by atoms with Gasteiger partial charge in [-0.3, -0.25) is 4.79 Å². The summed E-state index contributed by atoms with van der Waals surface area (Å²) in [6.07, 6.45) is 1.72. The summed E-state index contributed by atoms with van der Waals surface area (Å²) in [5.41, 5.74) is 0.207. The fourth-order valence-electron chi connectivity index (χ4n) is 2.45. The molecule has 0 radical (unpaired) electrons. The van der Waals surface area contributed by atoms with Crippen molar-refractivity contribution in [2.45, 2.75) is 50.8 Å². The zero-order valence-corrected chi connectivity index (χ0v) is 10.6. The number of carbonyl (C=O) groups is 1. The number of nitrogens with one attached hydrogen (secondary N) is 1. The van der Waals surface area contributed by atoms with Gasteiger partial charge in [0.05, 0.1) is 18.7 Å². The molecule has 1 aliphatic carbocycles. The van der Waals surface area contributed by atoms with E-state index in [0.29, 0.717) is 6.42 Å². The summed E-state index contributed by atoms with van der Waals surface area (Å²) in [5.74, 6) is -0.406. The Morgan fingerprint density at radius 2 is 2.21 bits per heavy atom. The van der Waals surface area contributed by atoms with Crippen LogP contribution in [0.1, 0.15) is 36.2 Å². The molecule has 1 aromatic heterocycles. The summed E-state index contributed by atoms with van der Waals surface area (Å²) in [7, 11) is 0. The van der Waals surface area contributed by atoms with Gasteiger partial charge in [0, 0.05) is 6.20 Å². The van der Waals surface area contributed by atoms with Gasteiger partial charge in [0.1, 0.15) is 5.69 Å². The summed E-state index contributed by atoms with van der Waals surface area (Å²) in [4.78, 5) is 12.0. The molecular weight excluding hydrogens is 254 g/mol. The molecule has 1 amide bonds. The van der Waals surface area contributed by atoms with Crippen LogP contribution < -0.4 is 5.32 Å². The molecule has 1 aliphatic rings. The Balaban J connectivity index is 2.01. The zero-order valence-electron chi connectivity index (χ0n) is 10.6. The van der Waals surface area contributed by atoms with Gasteiger partial charge in [-0.05, 0) is 25.0 Å². The Labute approximate surface area is 110 Å². The first-order valence-corrected chi connectivity index (χ1v) is 6.50. The van der Waals surface area contributed by atoms with Crippen molar-refractivity contribution in [3.63, 3.8) is 0 Å². The Morgan fingerprint density at radius 1 is 1.47 bits per heavy atom. The quantitative estimate of drug-likeness (QED) is 0.878. The normalized spacial score (nSPS) is 23.6. The molecule has 1 aromatic rings. The van der Waals surface area contributed by atoms with Crippen molar-refractivity contribution < 1.29 is 18.7 Å². The minimum absolute atomic E-state index is 0.207. The van der Waals surface area contributed by atoms with Gasteiger partial charge >= 0.3 is 0 Å². The van der Waals surface area contributed by atoms with Crippen molar-refractivity contribution in [1.82, 2.24) is 9.88 Å². The van der Waals surface area contributed by atoms with Crippen LogP contribution in [0.15, 0.2) is 18.3 Å². The molecule has 4 nitrogen and oxygen atoms in total. The molecule has 6 heteroatoms. The van der Waals surface area contributed by atoms with Crippen molar-refractivity contribution in [1.29, 1.82) is 0 Å². The van der Waals surface area contributed by atoms with E-state index in [1.807, 2.05) is 0 Å². The predicted molar refractivity (Wildman–Crippen MR) is 66.2 cm³/mol. The van der Waals surface area contributed by atoms with Gasteiger partial charge in [-0.1, -0.05) is 12.8 Å². The van der Waals surface area contributed by atoms with Crippen molar-refractivity contribution in [3.8, 4) is 0 Å². The van der Waals surface area contributed by atoms with E-state index in [4.69, 9.17) is 0 Å². The Bertz CT molecular complexity index is 434. The first kappa shape index (κ1) is 14.0. The highest BCUT2D eigenvalue weighted by Crippen LogP contribution is 2.19. The summed E-state index contributed by atoms with van der Waals surface area (Å²) < 4.78 is 26.0. The van der Waals surface area contributed by atoms with Crippen LogP contribution in [-0.2, 0) is 6.54 Å². The van der Waals surface area contributed by atoms with Gasteiger partial charge in [0.25, 0.3) is 12.3 Å². The molecule has 1 saturated carbocycles. The minimum Gasteiger partial charge on any atom is -0.391 e. The topological polar surface area (TPSA) is 54.3 Å². The highest BCUT2D eigenvalue weighted by molar-refractivity contribution is 5.93. The average molecular weight is 272 g/mol. The summed E-state index contributed by atoms with van der Waals surface area (Å²) in [6.45, 7) is -0.497. The lowest BCUT2D eigenvalue weighted by atomic mass is 9.92. The smallest absolute Gasteiger partial charge is 0.268 e. The van der Waals surface area contributed by atoms with Crippen LogP contribution in [0.4, 0.5) is 8.78 Å². The molecule has 2 unspecified atom stereocenters. The SMILES string of the molecule is O=C(NC1CCCCC1O)c1cccn1CC(F)F. The highest BCUT2D eigenvalue weighted by atomic mass is 19.3. The third-order valence-corrected chi connectivity index (χ3v) is 3.44. The maximum Gasteiger partial charge on any atom is 0.268 e. The van der Waals surface area contributed by atoms with E-state index in [0.717, 1.165) is 19.3 Å². The molecule has 0 aliphatic heterocycles. The molecule has 1 fully saturated rings. The molecule has 0 saturated heterocycles. The molecule has 0 aromatic carbocycles. The predicted octanol–water partition coefficient (Wildman–Crippen LogP) is 1.79. The van der Waals surface area contributed by atoms with E-state index < -0.39 is 25.0 Å². The highest BCUT2D eigenvalue weighted by Gasteiger charge is 2.25. The van der Waals surface area contributed by atoms with E-state index in [9.17, 15) is 18.7 Å². The summed E-state index contributed by atoms with van der Waals surface area (Å²) in [6, 6.07) is 2.79. The van der Waals surface area contributed by atoms with Gasteiger partial charge in [-0.25, -0.2) is 8.78 Å². The van der Waals surface area contributed by atoms with Crippen LogP contribution in [0.2, 0.25) is 0 Å². The second-order valence-electron chi connectivity index (χ2n) is 4.87. The number of aromatic nitrogens is 1. The number of hydrogen-bond donors (Lipinski definition) is 2. The van der Waals surface area contributed by atoms with Gasteiger partial charge in [-0.2, -0.15) is 0 Å². The van der Waals surface area contributed by atoms with Crippen molar-refractivity contribution >= 4 is 5.91 Å². The number of alkyl halides is 2. The van der Waals surface area contributed by atoms with Crippen molar-refractivity contribution in [2.75, 3.05) is 0 Å². The van der Waals surface area contributed by atoms with E-state index >= 15 is 0 Å². The number of carbonyl (C=O) groups excluding carboxylic acids is 1. The fourth-order valence-corrected chi connectivity index (χ4v) is 2.45. The lowest BCUT2D eigenvalue weighted by Gasteiger charge is -2.28. The number of aliphatic hydroxyl groups excluding tert-OH is 1. The first-order chi connectivity index (χ1) is 9.08. The van der Waals surface area contributed by atoms with Crippen LogP contribution in [0, 0.1) is 0 Å². The number of halogens is 2. The molecule has 2 rings (SSSR count). The van der Waals surface area contributed by atoms with Crippen LogP contribution in [0.25, 0.3) is 0 Å². The van der Waals surface area contributed by atoms with Crippen LogP contribution in [0.3, 0.4) is 0 Å². The zero-order chi connectivity index (χ0) is 13.8. The Kier molecular flexibility index (Phi) is 4.52. The maximum absolute atomic E-state index is 12.4. The molecule has 0 spiro atoms. The molecular formula is C13H18F2N2O2. The second-order valence-corrected chi connectivity index (χ2v) is 4.87. The Hall–Kier alpha value is -1.43. The molecule has 2 atom stereocenters. The van der Waals surface area contributed by atoms with Crippen molar-refractivity contribution in [3.05, 3.63) is 24.0 Å². The maximum atomic E-state index is 12.4. The number of nitrogens with zero attached hydrogens (tertiary/aromatic N) is 1. The van der Waals surface area contributed by atoms with Gasteiger partial charge in [-0.15, -0.1) is 0 Å². The first-order valence-electron chi connectivity index (χ1n) is 6.50. The molecule has 106 valence electrons. The van der Waals surface area contributed by atoms with Gasteiger partial charge < -0.3 is 15.0 Å². The standard InChI is InChI=1S/C13H18F2N2O2/c14-12(15)8-17-7-3-5-10(17)13(19)16-9-4-1-2-6-11(9)18/h3,5,7,9,11-12,18H,1-2,4,6,8H2,(H,16,19). The largest absolute Gasteiger partial charge is 0.391 e. The summed E-state index contributed by atoms with van der Waals surface area (Å²) >= 11 is 0. The Morgan fingerprint density at radius 3 is 2.89 bits per heavy atom. The van der Waals surface area contributed by atoms with E-state index in [1.165, 1.54) is 16.8 Å². The number of rotatable bonds is 4. The molecule has 0 bridgehead atoms.